The average Bonchev–Trinajstić information content (AvgIpc) is 3.39. The number of piperazine rings is 1. The van der Waals surface area contributed by atoms with Crippen LogP contribution in [0, 0.1) is 0 Å². The van der Waals surface area contributed by atoms with Gasteiger partial charge in [-0.25, -0.2) is 8.42 Å². The summed E-state index contributed by atoms with van der Waals surface area (Å²) in [5.41, 5.74) is 1.44. The topological polar surface area (TPSA) is 94.1 Å². The van der Waals surface area contributed by atoms with E-state index in [4.69, 9.17) is 14.2 Å². The van der Waals surface area contributed by atoms with Gasteiger partial charge < -0.3 is 19.1 Å². The molecule has 1 saturated heterocycles. The zero-order valence-corrected chi connectivity index (χ0v) is 19.6. The third kappa shape index (κ3) is 4.23. The molecule has 0 atom stereocenters. The first-order chi connectivity index (χ1) is 15.5. The van der Waals surface area contributed by atoms with Crippen molar-refractivity contribution in [2.45, 2.75) is 4.21 Å². The highest BCUT2D eigenvalue weighted by atomic mass is 32.2. The largest absolute Gasteiger partial charge is 0.493 e. The zero-order valence-electron chi connectivity index (χ0n) is 18.0. The Morgan fingerprint density at radius 2 is 1.59 bits per heavy atom. The Labute approximate surface area is 191 Å². The molecule has 1 aliphatic rings. The van der Waals surface area contributed by atoms with Crippen LogP contribution in [0.3, 0.4) is 0 Å². The number of benzene rings is 1. The van der Waals surface area contributed by atoms with E-state index in [2.05, 4.69) is 10.2 Å². The predicted octanol–water partition coefficient (Wildman–Crippen LogP) is 2.74. The number of aromatic nitrogens is 2. The van der Waals surface area contributed by atoms with Crippen molar-refractivity contribution in [2.24, 2.45) is 0 Å². The zero-order chi connectivity index (χ0) is 22.7. The highest BCUT2D eigenvalue weighted by molar-refractivity contribution is 7.91. The van der Waals surface area contributed by atoms with Crippen LogP contribution in [0.1, 0.15) is 0 Å². The molecule has 3 aromatic rings. The molecule has 0 amide bonds. The molecular formula is C21H24N4O5S2. The molecule has 0 N–H and O–H groups in total. The van der Waals surface area contributed by atoms with E-state index in [1.54, 1.807) is 38.8 Å². The second kappa shape index (κ2) is 9.31. The Morgan fingerprint density at radius 1 is 0.906 bits per heavy atom. The fraction of sp³-hybridized carbons (Fsp3) is 0.333. The van der Waals surface area contributed by atoms with Crippen molar-refractivity contribution in [3.8, 4) is 28.5 Å². The summed E-state index contributed by atoms with van der Waals surface area (Å²) >= 11 is 1.24. The number of thiophene rings is 1. The summed E-state index contributed by atoms with van der Waals surface area (Å²) in [6.07, 6.45) is 0. The molecule has 0 spiro atoms. The Hall–Kier alpha value is -2.89. The van der Waals surface area contributed by atoms with Crippen LogP contribution in [0.2, 0.25) is 0 Å². The third-order valence-electron chi connectivity index (χ3n) is 5.26. The molecular weight excluding hydrogens is 452 g/mol. The fourth-order valence-electron chi connectivity index (χ4n) is 3.57. The Kier molecular flexibility index (Phi) is 6.49. The van der Waals surface area contributed by atoms with Gasteiger partial charge in [-0.2, -0.15) is 4.31 Å². The summed E-state index contributed by atoms with van der Waals surface area (Å²) in [7, 11) is 1.25. The van der Waals surface area contributed by atoms with Gasteiger partial charge >= 0.3 is 0 Å². The lowest BCUT2D eigenvalue weighted by Crippen LogP contribution is -2.48. The van der Waals surface area contributed by atoms with Gasteiger partial charge in [-0.05, 0) is 35.7 Å². The van der Waals surface area contributed by atoms with Gasteiger partial charge in [0.2, 0.25) is 5.75 Å². The maximum Gasteiger partial charge on any atom is 0.252 e. The van der Waals surface area contributed by atoms with Gasteiger partial charge in [-0.1, -0.05) is 6.07 Å². The summed E-state index contributed by atoms with van der Waals surface area (Å²) in [4.78, 5) is 2.03. The Morgan fingerprint density at radius 3 is 2.09 bits per heavy atom. The molecule has 3 heterocycles. The van der Waals surface area contributed by atoms with Crippen LogP contribution in [-0.2, 0) is 10.0 Å². The van der Waals surface area contributed by atoms with Gasteiger partial charge in [0.25, 0.3) is 10.0 Å². The first-order valence-corrected chi connectivity index (χ1v) is 12.2. The third-order valence-corrected chi connectivity index (χ3v) is 8.53. The first kappa shape index (κ1) is 22.3. The summed E-state index contributed by atoms with van der Waals surface area (Å²) in [5.74, 6) is 2.29. The number of ether oxygens (including phenoxy) is 3. The van der Waals surface area contributed by atoms with Crippen molar-refractivity contribution in [1.29, 1.82) is 0 Å². The number of rotatable bonds is 7. The van der Waals surface area contributed by atoms with E-state index in [0.29, 0.717) is 59.1 Å². The number of methoxy groups -OCH3 is 3. The number of hydrogen-bond acceptors (Lipinski definition) is 9. The van der Waals surface area contributed by atoms with Gasteiger partial charge in [-0.3, -0.25) is 0 Å². The summed E-state index contributed by atoms with van der Waals surface area (Å²) < 4.78 is 43.5. The van der Waals surface area contributed by atoms with E-state index in [9.17, 15) is 8.42 Å². The molecule has 1 fully saturated rings. The van der Waals surface area contributed by atoms with Crippen LogP contribution in [-0.4, -0.2) is 70.4 Å². The molecule has 0 radical (unpaired) electrons. The van der Waals surface area contributed by atoms with Gasteiger partial charge in [0.15, 0.2) is 17.3 Å². The molecule has 0 unspecified atom stereocenters. The summed E-state index contributed by atoms with van der Waals surface area (Å²) in [5, 5.41) is 10.5. The van der Waals surface area contributed by atoms with Crippen LogP contribution in [0.4, 0.5) is 5.82 Å². The lowest BCUT2D eigenvalue weighted by Gasteiger charge is -2.34. The smallest absolute Gasteiger partial charge is 0.252 e. The molecule has 9 nitrogen and oxygen atoms in total. The van der Waals surface area contributed by atoms with Crippen LogP contribution >= 0.6 is 11.3 Å². The molecule has 1 aliphatic heterocycles. The second-order valence-electron chi connectivity index (χ2n) is 7.01. The van der Waals surface area contributed by atoms with Gasteiger partial charge in [0.1, 0.15) is 4.21 Å². The van der Waals surface area contributed by atoms with Crippen LogP contribution in [0.15, 0.2) is 46.0 Å². The molecule has 1 aromatic carbocycles. The van der Waals surface area contributed by atoms with E-state index in [0.717, 1.165) is 5.56 Å². The molecule has 0 bridgehead atoms. The number of nitrogens with zero attached hydrogens (tertiary/aromatic N) is 4. The maximum atomic E-state index is 12.7. The predicted molar refractivity (Wildman–Crippen MR) is 122 cm³/mol. The van der Waals surface area contributed by atoms with Crippen LogP contribution in [0.5, 0.6) is 17.2 Å². The maximum absolute atomic E-state index is 12.7. The summed E-state index contributed by atoms with van der Waals surface area (Å²) in [6.45, 7) is 1.89. The Balaban J connectivity index is 1.48. The van der Waals surface area contributed by atoms with Crippen molar-refractivity contribution in [3.05, 3.63) is 41.8 Å². The SMILES string of the molecule is COc1cc(-c2ccc(N3CCN(S(=O)(=O)c4cccs4)CC3)nn2)cc(OC)c1OC. The highest BCUT2D eigenvalue weighted by Gasteiger charge is 2.29. The van der Waals surface area contributed by atoms with Crippen molar-refractivity contribution in [2.75, 3.05) is 52.4 Å². The highest BCUT2D eigenvalue weighted by Crippen LogP contribution is 2.40. The lowest BCUT2D eigenvalue weighted by molar-refractivity contribution is 0.324. The Bertz CT molecular complexity index is 1130. The molecule has 4 rings (SSSR count). The van der Waals surface area contributed by atoms with Crippen LogP contribution < -0.4 is 19.1 Å². The normalized spacial score (nSPS) is 14.9. The number of anilines is 1. The van der Waals surface area contributed by atoms with E-state index >= 15 is 0 Å². The van der Waals surface area contributed by atoms with E-state index in [-0.39, 0.29) is 0 Å². The van der Waals surface area contributed by atoms with Crippen molar-refractivity contribution in [1.82, 2.24) is 14.5 Å². The second-order valence-corrected chi connectivity index (χ2v) is 10.1. The lowest BCUT2D eigenvalue weighted by atomic mass is 10.1. The van der Waals surface area contributed by atoms with Crippen LogP contribution in [0.25, 0.3) is 11.3 Å². The van der Waals surface area contributed by atoms with Gasteiger partial charge in [0.05, 0.1) is 27.0 Å². The van der Waals surface area contributed by atoms with Gasteiger partial charge in [-0.15, -0.1) is 21.5 Å². The molecule has 11 heteroatoms. The van der Waals surface area contributed by atoms with E-state index in [1.807, 2.05) is 29.2 Å². The quantitative estimate of drug-likeness (QED) is 0.514. The standard InChI is InChI=1S/C21H24N4O5S2/c1-28-17-13-15(14-18(29-2)21(17)30-3)16-6-7-19(23-22-16)24-8-10-25(11-9-24)32(26,27)20-5-4-12-31-20/h4-7,12-14H,8-11H2,1-3H3. The molecule has 0 saturated carbocycles. The molecule has 32 heavy (non-hydrogen) atoms. The monoisotopic (exact) mass is 476 g/mol. The van der Waals surface area contributed by atoms with E-state index < -0.39 is 10.0 Å². The fourth-order valence-corrected chi connectivity index (χ4v) is 6.14. The van der Waals surface area contributed by atoms with Crippen molar-refractivity contribution >= 4 is 27.2 Å². The minimum absolute atomic E-state index is 0.375. The number of sulfonamides is 1. The number of hydrogen-bond donors (Lipinski definition) is 0. The first-order valence-electron chi connectivity index (χ1n) is 9.90. The summed E-state index contributed by atoms with van der Waals surface area (Å²) in [6, 6.07) is 10.8. The van der Waals surface area contributed by atoms with E-state index in [1.165, 1.54) is 15.6 Å². The minimum atomic E-state index is -3.43. The average molecular weight is 477 g/mol. The molecule has 170 valence electrons. The molecule has 0 aliphatic carbocycles. The molecule has 2 aromatic heterocycles. The van der Waals surface area contributed by atoms with Gasteiger partial charge in [0, 0.05) is 31.7 Å². The van der Waals surface area contributed by atoms with Crippen molar-refractivity contribution < 1.29 is 22.6 Å². The van der Waals surface area contributed by atoms with Crippen molar-refractivity contribution in [3.63, 3.8) is 0 Å². The minimum Gasteiger partial charge on any atom is -0.493 e.